The van der Waals surface area contributed by atoms with Crippen LogP contribution in [0, 0.1) is 0 Å². The zero-order valence-corrected chi connectivity index (χ0v) is 4.33. The molecule has 8 heavy (non-hydrogen) atoms. The van der Waals surface area contributed by atoms with E-state index in [2.05, 4.69) is 5.16 Å². The van der Waals surface area contributed by atoms with E-state index in [-0.39, 0.29) is 12.5 Å². The van der Waals surface area contributed by atoms with Crippen LogP contribution in [0.15, 0.2) is 5.16 Å². The fourth-order valence-electron chi connectivity index (χ4n) is 0.477. The Morgan fingerprint density at radius 2 is 2.38 bits per heavy atom. The number of hydrogen-bond donors (Lipinski definition) is 1. The largest absolute Gasteiger partial charge is 0.475 e. The van der Waals surface area contributed by atoms with Gasteiger partial charge in [-0.25, -0.2) is 0 Å². The second-order valence-electron chi connectivity index (χ2n) is 1.39. The van der Waals surface area contributed by atoms with Crippen molar-refractivity contribution in [2.45, 2.75) is 0 Å². The van der Waals surface area contributed by atoms with E-state index in [1.165, 1.54) is 0 Å². The smallest absolute Gasteiger partial charge is 0.251 e. The summed E-state index contributed by atoms with van der Waals surface area (Å²) in [4.78, 5) is 0. The van der Waals surface area contributed by atoms with Crippen molar-refractivity contribution < 1.29 is 14.7 Å². The van der Waals surface area contributed by atoms with E-state index in [1.807, 2.05) is 0 Å². The molecule has 0 aromatic rings. The van der Waals surface area contributed by atoms with Crippen molar-refractivity contribution in [1.29, 1.82) is 0 Å². The second-order valence-corrected chi connectivity index (χ2v) is 1.39. The van der Waals surface area contributed by atoms with E-state index in [1.54, 1.807) is 0 Å². The molecule has 0 amide bonds. The van der Waals surface area contributed by atoms with E-state index in [0.29, 0.717) is 13.2 Å². The van der Waals surface area contributed by atoms with Crippen molar-refractivity contribution in [3.8, 4) is 0 Å². The third-order valence-corrected chi connectivity index (χ3v) is 0.833. The molecule has 1 rings (SSSR count). The number of oxime groups is 1. The van der Waals surface area contributed by atoms with E-state index < -0.39 is 0 Å². The molecule has 0 atom stereocenters. The van der Waals surface area contributed by atoms with Crippen LogP contribution in [0.25, 0.3) is 0 Å². The zero-order chi connectivity index (χ0) is 5.82. The van der Waals surface area contributed by atoms with Gasteiger partial charge in [-0.1, -0.05) is 5.16 Å². The van der Waals surface area contributed by atoms with Crippen molar-refractivity contribution in [3.63, 3.8) is 0 Å². The van der Waals surface area contributed by atoms with E-state index >= 15 is 0 Å². The molecule has 46 valence electrons. The summed E-state index contributed by atoms with van der Waals surface area (Å²) in [6.07, 6.45) is 0. The Hall–Kier alpha value is -0.770. The van der Waals surface area contributed by atoms with Crippen LogP contribution < -0.4 is 0 Å². The normalized spacial score (nSPS) is 25.2. The molecule has 1 N–H and O–H groups in total. The molecule has 1 aliphatic rings. The Balaban J connectivity index is 2.33. The second kappa shape index (κ2) is 2.52. The van der Waals surface area contributed by atoms with Gasteiger partial charge in [0.2, 0.25) is 0 Å². The average molecular weight is 117 g/mol. The Kier molecular flexibility index (Phi) is 1.69. The molecule has 1 heterocycles. The van der Waals surface area contributed by atoms with Crippen LogP contribution in [-0.2, 0) is 9.47 Å². The molecule has 0 radical (unpaired) electrons. The monoisotopic (exact) mass is 117 g/mol. The molecule has 4 nitrogen and oxygen atoms in total. The summed E-state index contributed by atoms with van der Waals surface area (Å²) >= 11 is 0. The van der Waals surface area contributed by atoms with Gasteiger partial charge in [-0.2, -0.15) is 0 Å². The van der Waals surface area contributed by atoms with Gasteiger partial charge in [0.1, 0.15) is 13.2 Å². The molecule has 0 aromatic heterocycles. The van der Waals surface area contributed by atoms with E-state index in [4.69, 9.17) is 14.7 Å². The maximum absolute atomic E-state index is 8.07. The molecule has 0 unspecified atom stereocenters. The first-order valence-corrected chi connectivity index (χ1v) is 2.35. The number of ether oxygens (including phenoxy) is 2. The summed E-state index contributed by atoms with van der Waals surface area (Å²) < 4.78 is 9.66. The molecule has 0 aliphatic carbocycles. The highest BCUT2D eigenvalue weighted by molar-refractivity contribution is 5.76. The first kappa shape index (κ1) is 5.37. The molecule has 1 aliphatic heterocycles. The third-order valence-electron chi connectivity index (χ3n) is 0.833. The minimum atomic E-state index is 0.260. The summed E-state index contributed by atoms with van der Waals surface area (Å²) in [5, 5.41) is 10.9. The predicted octanol–water partition coefficient (Wildman–Crippen LogP) is -0.179. The van der Waals surface area contributed by atoms with Gasteiger partial charge in [0.15, 0.2) is 0 Å². The van der Waals surface area contributed by atoms with Crippen molar-refractivity contribution >= 4 is 5.90 Å². The van der Waals surface area contributed by atoms with Gasteiger partial charge in [-0.05, 0) is 0 Å². The van der Waals surface area contributed by atoms with Gasteiger partial charge in [0, 0.05) is 0 Å². The maximum atomic E-state index is 8.07. The van der Waals surface area contributed by atoms with Crippen LogP contribution in [0.3, 0.4) is 0 Å². The molecule has 1 fully saturated rings. The predicted molar refractivity (Wildman–Crippen MR) is 26.0 cm³/mol. The van der Waals surface area contributed by atoms with Gasteiger partial charge < -0.3 is 14.7 Å². The fourth-order valence-corrected chi connectivity index (χ4v) is 0.477. The van der Waals surface area contributed by atoms with Gasteiger partial charge in [0.25, 0.3) is 5.90 Å². The average Bonchev–Trinajstić information content (AvgIpc) is 1.90. The first-order chi connectivity index (χ1) is 3.93. The van der Waals surface area contributed by atoms with Crippen LogP contribution in [0.5, 0.6) is 0 Å². The number of rotatable bonds is 0. The van der Waals surface area contributed by atoms with Gasteiger partial charge in [-0.3, -0.25) is 0 Å². The van der Waals surface area contributed by atoms with E-state index in [0.717, 1.165) is 0 Å². The highest BCUT2D eigenvalue weighted by atomic mass is 16.6. The first-order valence-electron chi connectivity index (χ1n) is 2.35. The summed E-state index contributed by atoms with van der Waals surface area (Å²) in [6.45, 7) is 1.36. The Labute approximate surface area is 46.7 Å². The quantitative estimate of drug-likeness (QED) is 0.353. The third kappa shape index (κ3) is 1.10. The van der Waals surface area contributed by atoms with Crippen LogP contribution in [0.4, 0.5) is 0 Å². The topological polar surface area (TPSA) is 51.1 Å². The molecular formula is C4H7NO3. The van der Waals surface area contributed by atoms with Gasteiger partial charge >= 0.3 is 0 Å². The standard InChI is InChI=1S/C4H7NO3/c6-5-4-3-7-1-2-8-4/h6H,1-3H2/b5-4-. The lowest BCUT2D eigenvalue weighted by Crippen LogP contribution is -2.23. The summed E-state index contributed by atoms with van der Waals surface area (Å²) in [5.41, 5.74) is 0. The van der Waals surface area contributed by atoms with Gasteiger partial charge in [0.05, 0.1) is 6.61 Å². The maximum Gasteiger partial charge on any atom is 0.251 e. The molecule has 4 heteroatoms. The Morgan fingerprint density at radius 1 is 1.50 bits per heavy atom. The van der Waals surface area contributed by atoms with Crippen molar-refractivity contribution in [3.05, 3.63) is 0 Å². The molecular weight excluding hydrogens is 110 g/mol. The Bertz CT molecular complexity index is 93.5. The highest BCUT2D eigenvalue weighted by Crippen LogP contribution is 1.91. The Morgan fingerprint density at radius 3 is 2.75 bits per heavy atom. The lowest BCUT2D eigenvalue weighted by atomic mass is 10.6. The molecule has 1 saturated heterocycles. The highest BCUT2D eigenvalue weighted by Gasteiger charge is 2.06. The SMILES string of the molecule is O/N=C1/COCCO1. The summed E-state index contributed by atoms with van der Waals surface area (Å²) in [7, 11) is 0. The molecule has 0 saturated carbocycles. The number of hydrogen-bond acceptors (Lipinski definition) is 4. The van der Waals surface area contributed by atoms with Crippen LogP contribution in [0.1, 0.15) is 0 Å². The summed E-state index contributed by atoms with van der Waals surface area (Å²) in [5.74, 6) is 0.260. The minimum absolute atomic E-state index is 0.260. The van der Waals surface area contributed by atoms with Gasteiger partial charge in [-0.15, -0.1) is 0 Å². The zero-order valence-electron chi connectivity index (χ0n) is 4.33. The van der Waals surface area contributed by atoms with Crippen LogP contribution in [-0.4, -0.2) is 30.9 Å². The van der Waals surface area contributed by atoms with E-state index in [9.17, 15) is 0 Å². The van der Waals surface area contributed by atoms with Crippen molar-refractivity contribution in [2.75, 3.05) is 19.8 Å². The fraction of sp³-hybridized carbons (Fsp3) is 0.750. The lowest BCUT2D eigenvalue weighted by Gasteiger charge is -2.12. The molecule has 0 aromatic carbocycles. The lowest BCUT2D eigenvalue weighted by molar-refractivity contribution is 0.0650. The molecule has 0 spiro atoms. The van der Waals surface area contributed by atoms with Crippen molar-refractivity contribution in [1.82, 2.24) is 0 Å². The number of nitrogens with zero attached hydrogens (tertiary/aromatic N) is 1. The molecule has 0 bridgehead atoms. The van der Waals surface area contributed by atoms with Crippen LogP contribution >= 0.6 is 0 Å². The van der Waals surface area contributed by atoms with Crippen molar-refractivity contribution in [2.24, 2.45) is 5.16 Å². The minimum Gasteiger partial charge on any atom is -0.475 e. The van der Waals surface area contributed by atoms with Crippen LogP contribution in [0.2, 0.25) is 0 Å². The summed E-state index contributed by atoms with van der Waals surface area (Å²) in [6, 6.07) is 0.